The van der Waals surface area contributed by atoms with Crippen LogP contribution >= 0.6 is 11.3 Å². The molecule has 32 heavy (non-hydrogen) atoms. The van der Waals surface area contributed by atoms with E-state index in [0.29, 0.717) is 22.6 Å². The highest BCUT2D eigenvalue weighted by atomic mass is 32.1. The van der Waals surface area contributed by atoms with Crippen LogP contribution in [0.25, 0.3) is 42.7 Å². The lowest BCUT2D eigenvalue weighted by Gasteiger charge is -2.14. The van der Waals surface area contributed by atoms with Gasteiger partial charge in [-0.25, -0.2) is 9.78 Å². The molecular formula is C25H18N4O2S. The molecule has 0 unspecified atom stereocenters. The number of hydrogen-bond donors (Lipinski definition) is 4. The molecule has 0 saturated heterocycles. The van der Waals surface area contributed by atoms with Crippen LogP contribution in [0.3, 0.4) is 0 Å². The number of aromatic carboxylic acids is 1. The van der Waals surface area contributed by atoms with Crippen LogP contribution in [-0.4, -0.2) is 21.9 Å². The molecule has 0 fully saturated rings. The van der Waals surface area contributed by atoms with Gasteiger partial charge in [-0.3, -0.25) is 5.41 Å². The molecule has 0 aliphatic heterocycles. The Morgan fingerprint density at radius 1 is 0.906 bits per heavy atom. The number of nitrogens with two attached hydrogens (primary N) is 2. The molecule has 0 radical (unpaired) electrons. The average Bonchev–Trinajstić information content (AvgIpc) is 3.16. The summed E-state index contributed by atoms with van der Waals surface area (Å²) in [6.07, 6.45) is 0. The maximum absolute atomic E-state index is 11.2. The van der Waals surface area contributed by atoms with Crippen LogP contribution in [0.2, 0.25) is 0 Å². The summed E-state index contributed by atoms with van der Waals surface area (Å²) in [5.74, 6) is -1.15. The zero-order chi connectivity index (χ0) is 22.4. The molecule has 7 heteroatoms. The van der Waals surface area contributed by atoms with Crippen molar-refractivity contribution in [1.82, 2.24) is 4.98 Å². The topological polar surface area (TPSA) is 126 Å². The third-order valence-electron chi connectivity index (χ3n) is 5.40. The van der Waals surface area contributed by atoms with E-state index in [9.17, 15) is 4.79 Å². The minimum absolute atomic E-state index is 0.159. The summed E-state index contributed by atoms with van der Waals surface area (Å²) in [7, 11) is 0. The van der Waals surface area contributed by atoms with Gasteiger partial charge in [-0.2, -0.15) is 0 Å². The van der Waals surface area contributed by atoms with E-state index in [4.69, 9.17) is 27.0 Å². The molecular weight excluding hydrogens is 420 g/mol. The molecule has 156 valence electrons. The smallest absolute Gasteiger partial charge is 0.335 e. The minimum atomic E-state index is -0.993. The third kappa shape index (κ3) is 3.25. The van der Waals surface area contributed by atoms with E-state index in [1.54, 1.807) is 29.5 Å². The molecule has 6 nitrogen and oxygen atoms in total. The van der Waals surface area contributed by atoms with Crippen molar-refractivity contribution in [2.45, 2.75) is 0 Å². The van der Waals surface area contributed by atoms with E-state index in [2.05, 4.69) is 18.2 Å². The lowest BCUT2D eigenvalue weighted by molar-refractivity contribution is 0.0697. The molecule has 2 heterocycles. The number of carboxylic acid groups (broad SMARTS) is 1. The quantitative estimate of drug-likeness (QED) is 0.222. The van der Waals surface area contributed by atoms with Gasteiger partial charge >= 0.3 is 5.97 Å². The second-order valence-corrected chi connectivity index (χ2v) is 8.51. The van der Waals surface area contributed by atoms with Crippen molar-refractivity contribution in [3.8, 4) is 22.5 Å². The monoisotopic (exact) mass is 438 g/mol. The van der Waals surface area contributed by atoms with Crippen molar-refractivity contribution < 1.29 is 9.90 Å². The zero-order valence-electron chi connectivity index (χ0n) is 16.8. The fourth-order valence-electron chi connectivity index (χ4n) is 3.86. The lowest BCUT2D eigenvalue weighted by Crippen LogP contribution is -2.16. The maximum atomic E-state index is 11.2. The van der Waals surface area contributed by atoms with Crippen LogP contribution in [0, 0.1) is 5.41 Å². The highest BCUT2D eigenvalue weighted by Crippen LogP contribution is 2.38. The van der Waals surface area contributed by atoms with Crippen LogP contribution in [0.15, 0.2) is 72.8 Å². The number of benzene rings is 3. The number of nitrogens with one attached hydrogen (secondary N) is 1. The summed E-state index contributed by atoms with van der Waals surface area (Å²) in [5.41, 5.74) is 15.7. The van der Waals surface area contributed by atoms with Gasteiger partial charge in [0, 0.05) is 37.0 Å². The summed E-state index contributed by atoms with van der Waals surface area (Å²) >= 11 is 1.72. The van der Waals surface area contributed by atoms with Crippen molar-refractivity contribution in [1.29, 1.82) is 5.41 Å². The molecule has 0 aliphatic carbocycles. The van der Waals surface area contributed by atoms with Crippen LogP contribution in [-0.2, 0) is 0 Å². The summed E-state index contributed by atoms with van der Waals surface area (Å²) in [4.78, 5) is 16.0. The molecule has 5 aromatic rings. The number of carbonyl (C=O) groups is 1. The summed E-state index contributed by atoms with van der Waals surface area (Å²) < 4.78 is 2.36. The van der Waals surface area contributed by atoms with Gasteiger partial charge in [0.1, 0.15) is 5.84 Å². The SMILES string of the molecule is N=C(N)c1c(N)cc(-c2ccc(C(=O)O)cc2)nc1-c1ccc2sc3ccccc3c2c1. The van der Waals surface area contributed by atoms with Crippen LogP contribution in [0.4, 0.5) is 5.69 Å². The molecule has 0 bridgehead atoms. The molecule has 0 spiro atoms. The minimum Gasteiger partial charge on any atom is -0.478 e. The van der Waals surface area contributed by atoms with Gasteiger partial charge in [-0.15, -0.1) is 11.3 Å². The number of anilines is 1. The Bertz CT molecular complexity index is 1540. The highest BCUT2D eigenvalue weighted by molar-refractivity contribution is 7.25. The van der Waals surface area contributed by atoms with Crippen molar-refractivity contribution in [3.63, 3.8) is 0 Å². The Morgan fingerprint density at radius 3 is 2.31 bits per heavy atom. The standard InChI is InChI=1S/C25H18N4O2S/c26-18-12-19(13-5-7-14(8-6-13)25(30)31)29-23(22(18)24(27)28)15-9-10-21-17(11-15)16-3-1-2-4-20(16)32-21/h1-12H,(H2,26,29)(H3,27,28)(H,30,31). The van der Waals surface area contributed by atoms with E-state index in [0.717, 1.165) is 26.6 Å². The van der Waals surface area contributed by atoms with Gasteiger partial charge in [-0.05, 0) is 36.4 Å². The fraction of sp³-hybridized carbons (Fsp3) is 0. The number of fused-ring (bicyclic) bond motifs is 3. The van der Waals surface area contributed by atoms with Crippen molar-refractivity contribution in [3.05, 3.63) is 83.9 Å². The number of hydrogen-bond acceptors (Lipinski definition) is 5. The molecule has 0 amide bonds. The molecule has 2 aromatic heterocycles. The Hall–Kier alpha value is -4.23. The van der Waals surface area contributed by atoms with E-state index < -0.39 is 5.97 Å². The van der Waals surface area contributed by atoms with Crippen LogP contribution in [0.1, 0.15) is 15.9 Å². The number of rotatable bonds is 4. The summed E-state index contributed by atoms with van der Waals surface area (Å²) in [6, 6.07) is 22.4. The molecule has 0 aliphatic rings. The number of thiophene rings is 1. The molecule has 0 atom stereocenters. The number of nitrogen functional groups attached to an aromatic ring is 2. The van der Waals surface area contributed by atoms with E-state index in [1.165, 1.54) is 16.8 Å². The van der Waals surface area contributed by atoms with E-state index >= 15 is 0 Å². The van der Waals surface area contributed by atoms with Crippen molar-refractivity contribution in [2.24, 2.45) is 5.73 Å². The van der Waals surface area contributed by atoms with Gasteiger partial charge in [0.2, 0.25) is 0 Å². The fourth-order valence-corrected chi connectivity index (χ4v) is 4.95. The number of pyridine rings is 1. The van der Waals surface area contributed by atoms with Gasteiger partial charge in [0.25, 0.3) is 0 Å². The predicted octanol–water partition coefficient (Wildman–Crippen LogP) is 5.35. The zero-order valence-corrected chi connectivity index (χ0v) is 17.6. The molecule has 3 aromatic carbocycles. The van der Waals surface area contributed by atoms with Crippen LogP contribution in [0.5, 0.6) is 0 Å². The first-order valence-electron chi connectivity index (χ1n) is 9.82. The lowest BCUT2D eigenvalue weighted by atomic mass is 9.99. The number of nitrogens with zero attached hydrogens (tertiary/aromatic N) is 1. The van der Waals surface area contributed by atoms with E-state index in [-0.39, 0.29) is 11.4 Å². The second-order valence-electron chi connectivity index (χ2n) is 7.43. The summed E-state index contributed by atoms with van der Waals surface area (Å²) in [6.45, 7) is 0. The van der Waals surface area contributed by atoms with Crippen LogP contribution < -0.4 is 11.5 Å². The summed E-state index contributed by atoms with van der Waals surface area (Å²) in [5, 5.41) is 19.5. The number of carboxylic acids is 1. The third-order valence-corrected chi connectivity index (χ3v) is 6.55. The first-order valence-corrected chi connectivity index (χ1v) is 10.6. The van der Waals surface area contributed by atoms with Gasteiger partial charge in [-0.1, -0.05) is 36.4 Å². The number of aromatic nitrogens is 1. The first-order chi connectivity index (χ1) is 15.4. The highest BCUT2D eigenvalue weighted by Gasteiger charge is 2.17. The van der Waals surface area contributed by atoms with Crippen molar-refractivity contribution in [2.75, 3.05) is 5.73 Å². The van der Waals surface area contributed by atoms with Gasteiger partial charge in [0.15, 0.2) is 0 Å². The van der Waals surface area contributed by atoms with Gasteiger partial charge < -0.3 is 16.6 Å². The largest absolute Gasteiger partial charge is 0.478 e. The molecule has 5 rings (SSSR count). The van der Waals surface area contributed by atoms with Gasteiger partial charge in [0.05, 0.1) is 22.5 Å². The molecule has 6 N–H and O–H groups in total. The normalized spacial score (nSPS) is 11.1. The number of amidine groups is 1. The Balaban J connectivity index is 1.72. The average molecular weight is 439 g/mol. The van der Waals surface area contributed by atoms with E-state index in [1.807, 2.05) is 24.3 Å². The Labute approximate surface area is 187 Å². The van der Waals surface area contributed by atoms with Crippen molar-refractivity contribution >= 4 is 49.0 Å². The predicted molar refractivity (Wildman–Crippen MR) is 130 cm³/mol. The second kappa shape index (κ2) is 7.47. The maximum Gasteiger partial charge on any atom is 0.335 e. The first kappa shape index (κ1) is 19.7. The Kier molecular flexibility index (Phi) is 4.61. The molecule has 0 saturated carbocycles. The Morgan fingerprint density at radius 2 is 1.59 bits per heavy atom.